The van der Waals surface area contributed by atoms with Gasteiger partial charge in [-0.3, -0.25) is 4.98 Å². The van der Waals surface area contributed by atoms with Crippen molar-refractivity contribution in [3.05, 3.63) is 60.8 Å². The van der Waals surface area contributed by atoms with E-state index in [1.807, 2.05) is 54.6 Å². The van der Waals surface area contributed by atoms with E-state index in [0.717, 1.165) is 45.2 Å². The molecule has 5 nitrogen and oxygen atoms in total. The summed E-state index contributed by atoms with van der Waals surface area (Å²) >= 11 is 0. The van der Waals surface area contributed by atoms with Gasteiger partial charge in [0.2, 0.25) is 0 Å². The predicted octanol–water partition coefficient (Wildman–Crippen LogP) is 4.31. The standard InChI is InChI=1S/C20H17N3O2/c1-24-14-7-5-13(6-8-14)19-16(4-3-11-21-19)20-22-17-10-9-15(25-2)12-18(17)23-20/h3-12H,1-2H3,(H,22,23). The highest BCUT2D eigenvalue weighted by Gasteiger charge is 2.13. The first-order valence-corrected chi connectivity index (χ1v) is 7.92. The van der Waals surface area contributed by atoms with E-state index in [1.54, 1.807) is 20.4 Å². The van der Waals surface area contributed by atoms with Crippen molar-refractivity contribution in [3.8, 4) is 34.1 Å². The van der Waals surface area contributed by atoms with Crippen LogP contribution in [-0.2, 0) is 0 Å². The van der Waals surface area contributed by atoms with Crippen molar-refractivity contribution in [1.82, 2.24) is 15.0 Å². The normalized spacial score (nSPS) is 10.8. The maximum absolute atomic E-state index is 5.28. The van der Waals surface area contributed by atoms with Crippen molar-refractivity contribution in [2.75, 3.05) is 14.2 Å². The molecule has 0 aliphatic heterocycles. The summed E-state index contributed by atoms with van der Waals surface area (Å²) in [6.45, 7) is 0. The number of rotatable bonds is 4. The minimum absolute atomic E-state index is 0.780. The van der Waals surface area contributed by atoms with E-state index in [9.17, 15) is 0 Å². The minimum atomic E-state index is 0.780. The Labute approximate surface area is 145 Å². The van der Waals surface area contributed by atoms with Crippen molar-refractivity contribution in [3.63, 3.8) is 0 Å². The fourth-order valence-corrected chi connectivity index (χ4v) is 2.82. The first-order chi connectivity index (χ1) is 12.3. The van der Waals surface area contributed by atoms with Crippen molar-refractivity contribution in [2.24, 2.45) is 0 Å². The van der Waals surface area contributed by atoms with E-state index >= 15 is 0 Å². The molecule has 2 aromatic carbocycles. The zero-order valence-corrected chi connectivity index (χ0v) is 14.0. The Bertz CT molecular complexity index is 1020. The van der Waals surface area contributed by atoms with Crippen LogP contribution in [0.5, 0.6) is 11.5 Å². The molecule has 1 N–H and O–H groups in total. The monoisotopic (exact) mass is 331 g/mol. The van der Waals surface area contributed by atoms with Crippen LogP contribution < -0.4 is 9.47 Å². The minimum Gasteiger partial charge on any atom is -0.497 e. The van der Waals surface area contributed by atoms with E-state index in [-0.39, 0.29) is 0 Å². The third-order valence-electron chi connectivity index (χ3n) is 4.12. The lowest BCUT2D eigenvalue weighted by Crippen LogP contribution is -1.90. The molecule has 5 heteroatoms. The van der Waals surface area contributed by atoms with E-state index < -0.39 is 0 Å². The molecule has 2 heterocycles. The summed E-state index contributed by atoms with van der Waals surface area (Å²) in [6.07, 6.45) is 1.79. The first-order valence-electron chi connectivity index (χ1n) is 7.92. The molecule has 4 aromatic rings. The third kappa shape index (κ3) is 2.80. The molecule has 25 heavy (non-hydrogen) atoms. The molecule has 0 aliphatic rings. The summed E-state index contributed by atoms with van der Waals surface area (Å²) in [5.41, 5.74) is 4.65. The van der Waals surface area contributed by atoms with Gasteiger partial charge in [-0.2, -0.15) is 0 Å². The number of benzene rings is 2. The first kappa shape index (κ1) is 15.2. The SMILES string of the molecule is COc1ccc(-c2ncccc2-c2nc3ccc(OC)cc3[nH]2)cc1. The largest absolute Gasteiger partial charge is 0.497 e. The molecule has 0 saturated carbocycles. The smallest absolute Gasteiger partial charge is 0.140 e. The van der Waals surface area contributed by atoms with E-state index in [1.165, 1.54) is 0 Å². The fraction of sp³-hybridized carbons (Fsp3) is 0.100. The Morgan fingerprint density at radius 2 is 1.64 bits per heavy atom. The number of hydrogen-bond acceptors (Lipinski definition) is 4. The van der Waals surface area contributed by atoms with Gasteiger partial charge >= 0.3 is 0 Å². The third-order valence-corrected chi connectivity index (χ3v) is 4.12. The second-order valence-corrected chi connectivity index (χ2v) is 5.60. The molecule has 0 saturated heterocycles. The summed E-state index contributed by atoms with van der Waals surface area (Å²) in [5, 5.41) is 0. The van der Waals surface area contributed by atoms with Gasteiger partial charge in [0.15, 0.2) is 0 Å². The predicted molar refractivity (Wildman–Crippen MR) is 97.9 cm³/mol. The molecule has 0 unspecified atom stereocenters. The molecular weight excluding hydrogens is 314 g/mol. The topological polar surface area (TPSA) is 60.0 Å². The summed E-state index contributed by atoms with van der Waals surface area (Å²) in [5.74, 6) is 2.39. The number of fused-ring (bicyclic) bond motifs is 1. The number of H-pyrrole nitrogens is 1. The van der Waals surface area contributed by atoms with Gasteiger partial charge in [-0.15, -0.1) is 0 Å². The van der Waals surface area contributed by atoms with Crippen molar-refractivity contribution >= 4 is 11.0 Å². The molecule has 0 amide bonds. The van der Waals surface area contributed by atoms with Crippen LogP contribution in [0.1, 0.15) is 0 Å². The van der Waals surface area contributed by atoms with Crippen LogP contribution >= 0.6 is 0 Å². The number of pyridine rings is 1. The van der Waals surface area contributed by atoms with Gasteiger partial charge in [0.1, 0.15) is 17.3 Å². The van der Waals surface area contributed by atoms with E-state index in [2.05, 4.69) is 9.97 Å². The van der Waals surface area contributed by atoms with Crippen LogP contribution in [0.2, 0.25) is 0 Å². The Balaban J connectivity index is 1.82. The van der Waals surface area contributed by atoms with Gasteiger partial charge in [0, 0.05) is 23.4 Å². The van der Waals surface area contributed by atoms with Crippen molar-refractivity contribution < 1.29 is 9.47 Å². The molecule has 124 valence electrons. The summed E-state index contributed by atoms with van der Waals surface area (Å²) in [7, 11) is 3.31. The van der Waals surface area contributed by atoms with Crippen molar-refractivity contribution in [2.45, 2.75) is 0 Å². The van der Waals surface area contributed by atoms with Crippen LogP contribution in [0, 0.1) is 0 Å². The Hall–Kier alpha value is -3.34. The van der Waals surface area contributed by atoms with Crippen LogP contribution in [0.3, 0.4) is 0 Å². The lowest BCUT2D eigenvalue weighted by Gasteiger charge is -2.07. The average Bonchev–Trinajstić information content (AvgIpc) is 3.11. The highest BCUT2D eigenvalue weighted by atomic mass is 16.5. The number of ether oxygens (including phenoxy) is 2. The molecule has 0 aliphatic carbocycles. The molecule has 0 spiro atoms. The number of hydrogen-bond donors (Lipinski definition) is 1. The fourth-order valence-electron chi connectivity index (χ4n) is 2.82. The summed E-state index contributed by atoms with van der Waals surface area (Å²) in [6, 6.07) is 17.6. The molecular formula is C20H17N3O2. The van der Waals surface area contributed by atoms with Crippen LogP contribution in [-0.4, -0.2) is 29.2 Å². The van der Waals surface area contributed by atoms with E-state index in [0.29, 0.717) is 0 Å². The van der Waals surface area contributed by atoms with Gasteiger partial charge in [0.05, 0.1) is 30.9 Å². The molecule has 0 radical (unpaired) electrons. The number of aromatic nitrogens is 3. The van der Waals surface area contributed by atoms with Gasteiger partial charge in [0.25, 0.3) is 0 Å². The van der Waals surface area contributed by atoms with Gasteiger partial charge < -0.3 is 14.5 Å². The van der Waals surface area contributed by atoms with Crippen LogP contribution in [0.4, 0.5) is 0 Å². The number of methoxy groups -OCH3 is 2. The average molecular weight is 331 g/mol. The maximum atomic E-state index is 5.28. The van der Waals surface area contributed by atoms with Crippen molar-refractivity contribution in [1.29, 1.82) is 0 Å². The molecule has 4 rings (SSSR count). The molecule has 0 bridgehead atoms. The summed E-state index contributed by atoms with van der Waals surface area (Å²) in [4.78, 5) is 12.6. The van der Waals surface area contributed by atoms with Gasteiger partial charge in [-0.1, -0.05) is 0 Å². The zero-order chi connectivity index (χ0) is 17.2. The van der Waals surface area contributed by atoms with Crippen LogP contribution in [0.15, 0.2) is 60.8 Å². The highest BCUT2D eigenvalue weighted by Crippen LogP contribution is 2.31. The molecule has 2 aromatic heterocycles. The number of nitrogens with one attached hydrogen (secondary N) is 1. The lowest BCUT2D eigenvalue weighted by atomic mass is 10.1. The summed E-state index contributed by atoms with van der Waals surface area (Å²) < 4.78 is 10.5. The highest BCUT2D eigenvalue weighted by molar-refractivity contribution is 5.84. The zero-order valence-electron chi connectivity index (χ0n) is 14.0. The second-order valence-electron chi connectivity index (χ2n) is 5.60. The van der Waals surface area contributed by atoms with Crippen LogP contribution in [0.25, 0.3) is 33.7 Å². The van der Waals surface area contributed by atoms with E-state index in [4.69, 9.17) is 14.5 Å². The van der Waals surface area contributed by atoms with Gasteiger partial charge in [-0.05, 0) is 48.5 Å². The second kappa shape index (κ2) is 6.28. The lowest BCUT2D eigenvalue weighted by molar-refractivity contribution is 0.415. The Morgan fingerprint density at radius 1 is 0.880 bits per heavy atom. The quantitative estimate of drug-likeness (QED) is 0.605. The number of nitrogens with zero attached hydrogens (tertiary/aromatic N) is 2. The van der Waals surface area contributed by atoms with Gasteiger partial charge in [-0.25, -0.2) is 4.98 Å². The Morgan fingerprint density at radius 3 is 2.40 bits per heavy atom. The molecule has 0 atom stereocenters. The number of aromatic amines is 1. The number of imidazole rings is 1. The maximum Gasteiger partial charge on any atom is 0.140 e. The Kier molecular flexibility index (Phi) is 3.82. The molecule has 0 fully saturated rings.